The van der Waals surface area contributed by atoms with Gasteiger partial charge in [0.2, 0.25) is 0 Å². The van der Waals surface area contributed by atoms with Crippen LogP contribution in [0, 0.1) is 17.3 Å². The second-order valence-electron chi connectivity index (χ2n) is 10.8. The molecule has 32 heavy (non-hydrogen) atoms. The van der Waals surface area contributed by atoms with Gasteiger partial charge in [-0.2, -0.15) is 0 Å². The third-order valence-corrected chi connectivity index (χ3v) is 9.05. The molecular weight excluding hydrogens is 398 g/mol. The van der Waals surface area contributed by atoms with E-state index in [4.69, 9.17) is 9.47 Å². The highest BCUT2D eigenvalue weighted by molar-refractivity contribution is 5.88. The Hall–Kier alpha value is -1.91. The van der Waals surface area contributed by atoms with Crippen molar-refractivity contribution in [3.63, 3.8) is 0 Å². The topological polar surface area (TPSA) is 38.8 Å². The normalized spacial score (nSPS) is 33.1. The number of carbonyl (C=O) groups excluding carboxylic acids is 1. The van der Waals surface area contributed by atoms with Gasteiger partial charge in [0.25, 0.3) is 0 Å². The maximum Gasteiger partial charge on any atom is 0.172 e. The van der Waals surface area contributed by atoms with Gasteiger partial charge in [-0.3, -0.25) is 4.79 Å². The average molecular weight is 434 g/mol. The van der Waals surface area contributed by atoms with Crippen molar-refractivity contribution in [2.75, 3.05) is 32.2 Å². The van der Waals surface area contributed by atoms with Crippen LogP contribution in [0.1, 0.15) is 56.9 Å². The van der Waals surface area contributed by atoms with Gasteiger partial charge in [0.15, 0.2) is 5.79 Å². The maximum absolute atomic E-state index is 13.4. The summed E-state index contributed by atoms with van der Waals surface area (Å²) >= 11 is 0. The summed E-state index contributed by atoms with van der Waals surface area (Å²) in [5.41, 5.74) is 7.05. The summed E-state index contributed by atoms with van der Waals surface area (Å²) in [7, 11) is 4.17. The molecule has 0 unspecified atom stereocenters. The number of ketones is 1. The lowest BCUT2D eigenvalue weighted by Gasteiger charge is -2.48. The molecule has 0 amide bonds. The molecule has 1 saturated heterocycles. The highest BCUT2D eigenvalue weighted by Crippen LogP contribution is 2.59. The fraction of sp³-hybridized carbons (Fsp3) is 0.607. The first-order valence-electron chi connectivity index (χ1n) is 12.5. The molecule has 1 saturated carbocycles. The van der Waals surface area contributed by atoms with Crippen LogP contribution in [0.2, 0.25) is 0 Å². The van der Waals surface area contributed by atoms with Crippen molar-refractivity contribution in [3.8, 4) is 0 Å². The lowest BCUT2D eigenvalue weighted by Crippen LogP contribution is -2.43. The van der Waals surface area contributed by atoms with Crippen LogP contribution in [0.4, 0.5) is 5.69 Å². The van der Waals surface area contributed by atoms with Crippen LogP contribution in [-0.2, 0) is 20.7 Å². The Labute approximate surface area is 191 Å². The van der Waals surface area contributed by atoms with E-state index >= 15 is 0 Å². The van der Waals surface area contributed by atoms with E-state index in [0.29, 0.717) is 17.6 Å². The summed E-state index contributed by atoms with van der Waals surface area (Å²) in [5.74, 6) is 1.20. The third-order valence-electron chi connectivity index (χ3n) is 9.05. The SMILES string of the molecule is CN(C)c1cccc(C[C@]23CC=C4C5=C(CC[C@H]4[C@@H]2CCC3=O)CC2(CC5)OCCO2)c1. The maximum atomic E-state index is 13.4. The van der Waals surface area contributed by atoms with Crippen molar-refractivity contribution < 1.29 is 14.3 Å². The summed E-state index contributed by atoms with van der Waals surface area (Å²) < 4.78 is 12.1. The van der Waals surface area contributed by atoms with Crippen molar-refractivity contribution in [1.29, 1.82) is 0 Å². The van der Waals surface area contributed by atoms with E-state index in [1.807, 2.05) is 0 Å². The van der Waals surface area contributed by atoms with E-state index < -0.39 is 0 Å². The largest absolute Gasteiger partial charge is 0.378 e. The number of ether oxygens (including phenoxy) is 2. The minimum Gasteiger partial charge on any atom is -0.378 e. The molecule has 1 heterocycles. The van der Waals surface area contributed by atoms with Gasteiger partial charge < -0.3 is 14.4 Å². The minimum absolute atomic E-state index is 0.204. The van der Waals surface area contributed by atoms with E-state index in [1.54, 1.807) is 16.7 Å². The first-order chi connectivity index (χ1) is 15.5. The first kappa shape index (κ1) is 20.7. The van der Waals surface area contributed by atoms with Gasteiger partial charge in [0, 0.05) is 44.5 Å². The van der Waals surface area contributed by atoms with Crippen LogP contribution in [0.5, 0.6) is 0 Å². The zero-order valence-electron chi connectivity index (χ0n) is 19.5. The van der Waals surface area contributed by atoms with Gasteiger partial charge >= 0.3 is 0 Å². The monoisotopic (exact) mass is 433 g/mol. The molecule has 4 aliphatic carbocycles. The van der Waals surface area contributed by atoms with E-state index in [0.717, 1.165) is 64.6 Å². The minimum atomic E-state index is -0.342. The highest BCUT2D eigenvalue weighted by atomic mass is 16.7. The second kappa shape index (κ2) is 7.56. The molecule has 0 bridgehead atoms. The molecule has 0 radical (unpaired) electrons. The molecular formula is C28H35NO3. The van der Waals surface area contributed by atoms with Gasteiger partial charge in [-0.25, -0.2) is 0 Å². The van der Waals surface area contributed by atoms with Crippen molar-refractivity contribution in [3.05, 3.63) is 52.6 Å². The summed E-state index contributed by atoms with van der Waals surface area (Å²) in [6.45, 7) is 1.46. The molecule has 5 aliphatic rings. The zero-order chi connectivity index (χ0) is 21.9. The first-order valence-corrected chi connectivity index (χ1v) is 12.5. The molecule has 170 valence electrons. The number of allylic oxidation sites excluding steroid dienone is 3. The Morgan fingerprint density at radius 3 is 2.75 bits per heavy atom. The number of Topliss-reactive ketones (excluding diaryl/α,β-unsaturated/α-hetero) is 1. The fourth-order valence-electron chi connectivity index (χ4n) is 7.52. The Kier molecular flexibility index (Phi) is 4.89. The quantitative estimate of drug-likeness (QED) is 0.655. The number of hydrogen-bond acceptors (Lipinski definition) is 4. The number of anilines is 1. The summed E-state index contributed by atoms with van der Waals surface area (Å²) in [6.07, 6.45) is 11.4. The molecule has 2 fully saturated rings. The molecule has 1 aromatic carbocycles. The summed E-state index contributed by atoms with van der Waals surface area (Å²) in [6, 6.07) is 8.78. The number of carbonyl (C=O) groups is 1. The smallest absolute Gasteiger partial charge is 0.172 e. The molecule has 1 aromatic rings. The van der Waals surface area contributed by atoms with Crippen LogP contribution < -0.4 is 4.90 Å². The molecule has 1 aliphatic heterocycles. The molecule has 6 rings (SSSR count). The Morgan fingerprint density at radius 2 is 1.94 bits per heavy atom. The number of nitrogens with zero attached hydrogens (tertiary/aromatic N) is 1. The number of fused-ring (bicyclic) bond motifs is 4. The number of benzene rings is 1. The van der Waals surface area contributed by atoms with Crippen LogP contribution >= 0.6 is 0 Å². The molecule has 1 spiro atoms. The Balaban J connectivity index is 1.32. The van der Waals surface area contributed by atoms with Crippen LogP contribution in [-0.4, -0.2) is 38.9 Å². The van der Waals surface area contributed by atoms with Crippen LogP contribution in [0.3, 0.4) is 0 Å². The predicted molar refractivity (Wildman–Crippen MR) is 126 cm³/mol. The van der Waals surface area contributed by atoms with E-state index in [2.05, 4.69) is 49.3 Å². The van der Waals surface area contributed by atoms with Crippen LogP contribution in [0.15, 0.2) is 47.1 Å². The van der Waals surface area contributed by atoms with Crippen molar-refractivity contribution in [1.82, 2.24) is 0 Å². The highest BCUT2D eigenvalue weighted by Gasteiger charge is 2.55. The van der Waals surface area contributed by atoms with Crippen molar-refractivity contribution >= 4 is 11.5 Å². The molecule has 4 heteroatoms. The van der Waals surface area contributed by atoms with E-state index in [9.17, 15) is 4.79 Å². The van der Waals surface area contributed by atoms with Gasteiger partial charge in [0.05, 0.1) is 13.2 Å². The van der Waals surface area contributed by atoms with E-state index in [1.165, 1.54) is 17.7 Å². The zero-order valence-corrected chi connectivity index (χ0v) is 19.5. The fourth-order valence-corrected chi connectivity index (χ4v) is 7.52. The lowest BCUT2D eigenvalue weighted by atomic mass is 9.56. The lowest BCUT2D eigenvalue weighted by molar-refractivity contribution is -0.164. The molecule has 0 aromatic heterocycles. The summed E-state index contributed by atoms with van der Waals surface area (Å²) in [4.78, 5) is 15.5. The van der Waals surface area contributed by atoms with Gasteiger partial charge in [-0.1, -0.05) is 23.8 Å². The van der Waals surface area contributed by atoms with Crippen LogP contribution in [0.25, 0.3) is 0 Å². The summed E-state index contributed by atoms with van der Waals surface area (Å²) in [5, 5.41) is 0. The Bertz CT molecular complexity index is 1000. The van der Waals surface area contributed by atoms with Gasteiger partial charge in [-0.15, -0.1) is 0 Å². The van der Waals surface area contributed by atoms with Gasteiger partial charge in [0.1, 0.15) is 5.78 Å². The van der Waals surface area contributed by atoms with Crippen molar-refractivity contribution in [2.45, 2.75) is 63.6 Å². The third kappa shape index (κ3) is 3.13. The van der Waals surface area contributed by atoms with Gasteiger partial charge in [-0.05, 0) is 79.2 Å². The Morgan fingerprint density at radius 1 is 1.09 bits per heavy atom. The molecule has 0 N–H and O–H groups in total. The number of hydrogen-bond donors (Lipinski definition) is 0. The predicted octanol–water partition coefficient (Wildman–Crippen LogP) is 5.22. The van der Waals surface area contributed by atoms with Crippen molar-refractivity contribution in [2.24, 2.45) is 17.3 Å². The number of rotatable bonds is 3. The molecule has 3 atom stereocenters. The molecule has 4 nitrogen and oxygen atoms in total. The second-order valence-corrected chi connectivity index (χ2v) is 10.8. The average Bonchev–Trinajstić information content (AvgIpc) is 3.38. The van der Waals surface area contributed by atoms with E-state index in [-0.39, 0.29) is 11.2 Å². The standard InChI is InChI=1S/C28H35NO3/c1-29(2)21-5-3-4-19(16-21)17-27-12-10-23-22-11-13-28(31-14-15-32-28)18-20(22)6-7-24(23)25(27)8-9-26(27)30/h3-5,10,16,24-25H,6-9,11-15,17-18H2,1-2H3/t24-,25+,27-/m1/s1.